The van der Waals surface area contributed by atoms with Crippen molar-refractivity contribution in [3.63, 3.8) is 0 Å². The van der Waals surface area contributed by atoms with E-state index in [2.05, 4.69) is 9.26 Å². The molecule has 1 N–H and O–H groups in total. The summed E-state index contributed by atoms with van der Waals surface area (Å²) in [6.07, 6.45) is -0.887. The zero-order valence-electron chi connectivity index (χ0n) is 9.34. The molecule has 94 valence electrons. The fourth-order valence-electron chi connectivity index (χ4n) is 0.783. The van der Waals surface area contributed by atoms with Crippen LogP contribution in [0.25, 0.3) is 0 Å². The van der Waals surface area contributed by atoms with Crippen molar-refractivity contribution in [3.05, 3.63) is 0 Å². The quantitative estimate of drug-likeness (QED) is 0.538. The third kappa shape index (κ3) is 9.64. The number of rotatable bonds is 6. The van der Waals surface area contributed by atoms with E-state index in [1.54, 1.807) is 0 Å². The molecule has 2 unspecified atom stereocenters. The third-order valence-electron chi connectivity index (χ3n) is 1.31. The average Bonchev–Trinajstić information content (AvgIpc) is 2.07. The van der Waals surface area contributed by atoms with Crippen LogP contribution in [0.15, 0.2) is 0 Å². The summed E-state index contributed by atoms with van der Waals surface area (Å²) in [4.78, 5) is 30.1. The molecule has 0 fully saturated rings. The molecule has 0 aromatic rings. The zero-order chi connectivity index (χ0) is 12.8. The van der Waals surface area contributed by atoms with Crippen LogP contribution in [0.5, 0.6) is 0 Å². The van der Waals surface area contributed by atoms with Crippen LogP contribution in [0.4, 0.5) is 0 Å². The summed E-state index contributed by atoms with van der Waals surface area (Å²) in [7, 11) is -3.64. The van der Waals surface area contributed by atoms with Crippen LogP contribution in [-0.4, -0.2) is 42.8 Å². The minimum absolute atomic E-state index is 0.213. The summed E-state index contributed by atoms with van der Waals surface area (Å²) in [5, 5.41) is 0. The Kier molecular flexibility index (Phi) is 6.25. The van der Waals surface area contributed by atoms with Crippen molar-refractivity contribution < 1.29 is 33.0 Å². The van der Waals surface area contributed by atoms with E-state index in [4.69, 9.17) is 9.63 Å². The van der Waals surface area contributed by atoms with Crippen LogP contribution >= 0.6 is 7.60 Å². The predicted molar refractivity (Wildman–Crippen MR) is 53.9 cm³/mol. The lowest BCUT2D eigenvalue weighted by molar-refractivity contribution is -0.158. The maximum absolute atomic E-state index is 10.8. The van der Waals surface area contributed by atoms with Gasteiger partial charge in [-0.15, -0.1) is 0 Å². The van der Waals surface area contributed by atoms with E-state index < -0.39 is 25.6 Å². The molecule has 0 aliphatic rings. The molecule has 0 radical (unpaired) electrons. The number of carbonyl (C=O) groups is 2. The summed E-state index contributed by atoms with van der Waals surface area (Å²) in [6, 6.07) is 0. The van der Waals surface area contributed by atoms with Crippen LogP contribution in [0.1, 0.15) is 13.8 Å². The van der Waals surface area contributed by atoms with Crippen LogP contribution in [0.3, 0.4) is 0 Å². The molecular weight excluding hydrogens is 239 g/mol. The molecule has 0 aromatic carbocycles. The molecule has 0 aromatic heterocycles. The van der Waals surface area contributed by atoms with Crippen molar-refractivity contribution in [2.75, 3.05) is 19.9 Å². The molecular formula is C8H15O7P. The standard InChI is InChI=1S/C8H15O7P/c1-6(9)13-4-8(15-7(2)10)5-14-16(3,11)12/h8H,4-5H2,1-3H3,(H,11,12). The van der Waals surface area contributed by atoms with Gasteiger partial charge in [0.2, 0.25) is 0 Å². The lowest BCUT2D eigenvalue weighted by atomic mass is 10.4. The fraction of sp³-hybridized carbons (Fsp3) is 0.750. The molecule has 0 bridgehead atoms. The molecule has 0 aliphatic carbocycles. The Morgan fingerprint density at radius 3 is 2.19 bits per heavy atom. The third-order valence-corrected chi connectivity index (χ3v) is 1.93. The molecule has 16 heavy (non-hydrogen) atoms. The van der Waals surface area contributed by atoms with E-state index in [-0.39, 0.29) is 13.2 Å². The highest BCUT2D eigenvalue weighted by molar-refractivity contribution is 7.51. The van der Waals surface area contributed by atoms with Crippen molar-refractivity contribution in [3.8, 4) is 0 Å². The Balaban J connectivity index is 4.15. The summed E-state index contributed by atoms with van der Waals surface area (Å²) in [6.45, 7) is 2.85. The average molecular weight is 254 g/mol. The topological polar surface area (TPSA) is 99.1 Å². The van der Waals surface area contributed by atoms with Crippen LogP contribution in [-0.2, 0) is 28.2 Å². The molecule has 0 heterocycles. The van der Waals surface area contributed by atoms with Gasteiger partial charge in [-0.05, 0) is 0 Å². The largest absolute Gasteiger partial charge is 0.462 e. The molecule has 0 amide bonds. The van der Waals surface area contributed by atoms with Gasteiger partial charge in [0.1, 0.15) is 6.61 Å². The van der Waals surface area contributed by atoms with E-state index in [1.165, 1.54) is 13.8 Å². The van der Waals surface area contributed by atoms with E-state index >= 15 is 0 Å². The van der Waals surface area contributed by atoms with Gasteiger partial charge >= 0.3 is 19.5 Å². The second-order valence-electron chi connectivity index (χ2n) is 3.13. The first kappa shape index (κ1) is 15.1. The first-order valence-electron chi connectivity index (χ1n) is 4.46. The van der Waals surface area contributed by atoms with Gasteiger partial charge in [0.05, 0.1) is 6.61 Å². The molecule has 0 saturated carbocycles. The first-order chi connectivity index (χ1) is 7.20. The van der Waals surface area contributed by atoms with Crippen molar-refractivity contribution in [2.24, 2.45) is 0 Å². The SMILES string of the molecule is CC(=O)OCC(COP(C)(=O)O)OC(C)=O. The summed E-state index contributed by atoms with van der Waals surface area (Å²) in [5.74, 6) is -1.13. The smallest absolute Gasteiger partial charge is 0.325 e. The molecule has 7 nitrogen and oxygen atoms in total. The molecule has 0 aliphatic heterocycles. The van der Waals surface area contributed by atoms with Gasteiger partial charge in [0.25, 0.3) is 0 Å². The highest BCUT2D eigenvalue weighted by atomic mass is 31.2. The Morgan fingerprint density at radius 2 is 1.81 bits per heavy atom. The Labute approximate surface area is 93.2 Å². The van der Waals surface area contributed by atoms with Crippen LogP contribution in [0, 0.1) is 0 Å². The highest BCUT2D eigenvalue weighted by Gasteiger charge is 2.19. The number of hydrogen-bond acceptors (Lipinski definition) is 6. The van der Waals surface area contributed by atoms with Crippen molar-refractivity contribution >= 4 is 19.5 Å². The number of carbonyl (C=O) groups excluding carboxylic acids is 2. The summed E-state index contributed by atoms with van der Waals surface area (Å²) >= 11 is 0. The van der Waals surface area contributed by atoms with Crippen molar-refractivity contribution in [1.29, 1.82) is 0 Å². The summed E-state index contributed by atoms with van der Waals surface area (Å²) < 4.78 is 24.7. The number of ether oxygens (including phenoxy) is 2. The maximum Gasteiger partial charge on any atom is 0.325 e. The van der Waals surface area contributed by atoms with Gasteiger partial charge in [-0.3, -0.25) is 14.2 Å². The van der Waals surface area contributed by atoms with E-state index in [0.717, 1.165) is 6.66 Å². The van der Waals surface area contributed by atoms with Crippen LogP contribution < -0.4 is 0 Å². The fourth-order valence-corrected chi connectivity index (χ4v) is 1.23. The lowest BCUT2D eigenvalue weighted by Crippen LogP contribution is -2.28. The van der Waals surface area contributed by atoms with E-state index in [0.29, 0.717) is 0 Å². The minimum Gasteiger partial charge on any atom is -0.462 e. The van der Waals surface area contributed by atoms with Crippen molar-refractivity contribution in [1.82, 2.24) is 0 Å². The van der Waals surface area contributed by atoms with Gasteiger partial charge < -0.3 is 18.9 Å². The zero-order valence-corrected chi connectivity index (χ0v) is 10.2. The van der Waals surface area contributed by atoms with Gasteiger partial charge in [-0.25, -0.2) is 0 Å². The number of esters is 2. The van der Waals surface area contributed by atoms with E-state index in [9.17, 15) is 14.2 Å². The van der Waals surface area contributed by atoms with Crippen molar-refractivity contribution in [2.45, 2.75) is 20.0 Å². The second kappa shape index (κ2) is 6.62. The van der Waals surface area contributed by atoms with Gasteiger partial charge in [0, 0.05) is 20.5 Å². The van der Waals surface area contributed by atoms with Gasteiger partial charge in [-0.2, -0.15) is 0 Å². The highest BCUT2D eigenvalue weighted by Crippen LogP contribution is 2.36. The van der Waals surface area contributed by atoms with Crippen LogP contribution in [0.2, 0.25) is 0 Å². The molecule has 0 saturated heterocycles. The maximum atomic E-state index is 10.8. The lowest BCUT2D eigenvalue weighted by Gasteiger charge is -2.17. The summed E-state index contributed by atoms with van der Waals surface area (Å²) in [5.41, 5.74) is 0. The number of hydrogen-bond donors (Lipinski definition) is 1. The predicted octanol–water partition coefficient (Wildman–Crippen LogP) is 0.313. The Bertz CT molecular complexity index is 295. The molecule has 0 rings (SSSR count). The normalized spacial score (nSPS) is 16.0. The Morgan fingerprint density at radius 1 is 1.25 bits per heavy atom. The molecule has 0 spiro atoms. The van der Waals surface area contributed by atoms with Gasteiger partial charge in [-0.1, -0.05) is 0 Å². The first-order valence-corrected chi connectivity index (χ1v) is 6.48. The van der Waals surface area contributed by atoms with E-state index in [1.807, 2.05) is 0 Å². The second-order valence-corrected chi connectivity index (χ2v) is 5.00. The Hall–Kier alpha value is -0.910. The minimum atomic E-state index is -3.64. The molecule has 8 heteroatoms. The monoisotopic (exact) mass is 254 g/mol. The van der Waals surface area contributed by atoms with Gasteiger partial charge in [0.15, 0.2) is 6.10 Å². The molecule has 2 atom stereocenters.